The summed E-state index contributed by atoms with van der Waals surface area (Å²) in [4.78, 5) is 5.74. The first-order chi connectivity index (χ1) is 12.0. The Balaban J connectivity index is 1.75. The maximum Gasteiger partial charge on any atom is 0.243 e. The highest BCUT2D eigenvalue weighted by Gasteiger charge is 2.27. The van der Waals surface area contributed by atoms with Crippen molar-refractivity contribution < 1.29 is 8.42 Å². The second kappa shape index (κ2) is 6.44. The molecule has 128 valence electrons. The fourth-order valence-electron chi connectivity index (χ4n) is 3.17. The van der Waals surface area contributed by atoms with Gasteiger partial charge in [-0.3, -0.25) is 4.98 Å². The van der Waals surface area contributed by atoms with Crippen molar-refractivity contribution in [1.29, 1.82) is 0 Å². The van der Waals surface area contributed by atoms with Crippen LogP contribution in [0.25, 0.3) is 10.9 Å². The number of benzene rings is 2. The summed E-state index contributed by atoms with van der Waals surface area (Å²) in [6, 6.07) is 15.0. The lowest BCUT2D eigenvalue weighted by molar-refractivity contribution is 0.546. The van der Waals surface area contributed by atoms with E-state index in [0.29, 0.717) is 5.52 Å². The lowest BCUT2D eigenvalue weighted by Crippen LogP contribution is -2.31. The monoisotopic (exact) mass is 370 g/mol. The van der Waals surface area contributed by atoms with Gasteiger partial charge in [-0.15, -0.1) is 11.8 Å². The maximum absolute atomic E-state index is 13.1. The van der Waals surface area contributed by atoms with Gasteiger partial charge >= 0.3 is 0 Å². The molecular weight excluding hydrogens is 352 g/mol. The van der Waals surface area contributed by atoms with Crippen LogP contribution >= 0.6 is 11.8 Å². The third kappa shape index (κ3) is 3.17. The van der Waals surface area contributed by atoms with Crippen LogP contribution in [0.15, 0.2) is 64.5 Å². The van der Waals surface area contributed by atoms with Crippen LogP contribution in [0.3, 0.4) is 0 Å². The number of hydrogen-bond acceptors (Lipinski definition) is 4. The Bertz CT molecular complexity index is 1050. The number of fused-ring (bicyclic) bond motifs is 2. The Morgan fingerprint density at radius 2 is 2.00 bits per heavy atom. The van der Waals surface area contributed by atoms with Gasteiger partial charge in [0.2, 0.25) is 10.0 Å². The van der Waals surface area contributed by atoms with Gasteiger partial charge in [-0.1, -0.05) is 30.3 Å². The number of para-hydroxylation sites is 1. The molecule has 0 spiro atoms. The van der Waals surface area contributed by atoms with E-state index in [4.69, 9.17) is 0 Å². The smallest absolute Gasteiger partial charge is 0.243 e. The summed E-state index contributed by atoms with van der Waals surface area (Å²) in [5.74, 6) is 0.900. The molecule has 0 fully saturated rings. The summed E-state index contributed by atoms with van der Waals surface area (Å²) in [6.07, 6.45) is 2.48. The summed E-state index contributed by atoms with van der Waals surface area (Å²) in [5, 5.41) is 0.836. The SMILES string of the molecule is Cc1cnc2c(S(=O)(=O)N[C@H]3CCSc4ccccc43)cccc2c1. The Labute approximate surface area is 151 Å². The van der Waals surface area contributed by atoms with Crippen molar-refractivity contribution in [3.8, 4) is 0 Å². The molecule has 0 aliphatic carbocycles. The van der Waals surface area contributed by atoms with Crippen molar-refractivity contribution >= 4 is 32.7 Å². The largest absolute Gasteiger partial charge is 0.255 e. The molecule has 0 amide bonds. The zero-order valence-electron chi connectivity index (χ0n) is 13.8. The minimum atomic E-state index is -3.66. The number of aryl methyl sites for hydroxylation is 1. The van der Waals surface area contributed by atoms with E-state index in [0.717, 1.165) is 33.6 Å². The van der Waals surface area contributed by atoms with Gasteiger partial charge < -0.3 is 0 Å². The van der Waals surface area contributed by atoms with E-state index in [9.17, 15) is 8.42 Å². The van der Waals surface area contributed by atoms with Crippen LogP contribution in [0.2, 0.25) is 0 Å². The van der Waals surface area contributed by atoms with Gasteiger partial charge in [-0.2, -0.15) is 0 Å². The molecule has 1 aliphatic rings. The van der Waals surface area contributed by atoms with Crippen LogP contribution in [0.5, 0.6) is 0 Å². The summed E-state index contributed by atoms with van der Waals surface area (Å²) in [5.41, 5.74) is 2.57. The van der Waals surface area contributed by atoms with Crippen LogP contribution in [-0.2, 0) is 10.0 Å². The Hall–Kier alpha value is -1.89. The van der Waals surface area contributed by atoms with Crippen LogP contribution < -0.4 is 4.72 Å². The predicted molar refractivity (Wildman–Crippen MR) is 101 cm³/mol. The van der Waals surface area contributed by atoms with Gasteiger partial charge in [0.1, 0.15) is 4.90 Å². The van der Waals surface area contributed by atoms with E-state index < -0.39 is 10.0 Å². The molecule has 6 heteroatoms. The number of sulfonamides is 1. The molecule has 4 nitrogen and oxygen atoms in total. The van der Waals surface area contributed by atoms with Crippen LogP contribution in [0.1, 0.15) is 23.6 Å². The maximum atomic E-state index is 13.1. The van der Waals surface area contributed by atoms with Gasteiger partial charge in [0.15, 0.2) is 0 Å². The third-order valence-corrected chi connectivity index (χ3v) is 6.98. The normalized spacial score (nSPS) is 17.4. The minimum absolute atomic E-state index is 0.205. The molecular formula is C19H18N2O2S2. The first-order valence-electron chi connectivity index (χ1n) is 8.14. The molecule has 4 rings (SSSR count). The van der Waals surface area contributed by atoms with E-state index in [1.807, 2.05) is 43.3 Å². The number of hydrogen-bond donors (Lipinski definition) is 1. The molecule has 1 aromatic heterocycles. The quantitative estimate of drug-likeness (QED) is 0.755. The standard InChI is InChI=1S/C19H18N2O2S2/c1-13-11-14-5-4-8-18(19(14)20-12-13)25(22,23)21-16-9-10-24-17-7-3-2-6-15(16)17/h2-8,11-12,16,21H,9-10H2,1H3/t16-/m0/s1. The average Bonchev–Trinajstić information content (AvgIpc) is 2.61. The second-order valence-electron chi connectivity index (χ2n) is 6.19. The summed E-state index contributed by atoms with van der Waals surface area (Å²) in [7, 11) is -3.66. The molecule has 2 heterocycles. The van der Waals surface area contributed by atoms with E-state index >= 15 is 0 Å². The summed E-state index contributed by atoms with van der Waals surface area (Å²) < 4.78 is 29.0. The molecule has 25 heavy (non-hydrogen) atoms. The highest BCUT2D eigenvalue weighted by Crippen LogP contribution is 2.37. The molecule has 0 saturated heterocycles. The Kier molecular flexibility index (Phi) is 4.27. The van der Waals surface area contributed by atoms with Crippen molar-refractivity contribution in [2.75, 3.05) is 5.75 Å². The molecule has 1 aliphatic heterocycles. The van der Waals surface area contributed by atoms with E-state index in [2.05, 4.69) is 9.71 Å². The number of aromatic nitrogens is 1. The molecule has 0 unspecified atom stereocenters. The van der Waals surface area contributed by atoms with Gasteiger partial charge in [-0.25, -0.2) is 13.1 Å². The topological polar surface area (TPSA) is 59.1 Å². The van der Waals surface area contributed by atoms with Gasteiger partial charge in [-0.05, 0) is 48.4 Å². The van der Waals surface area contributed by atoms with Crippen LogP contribution in [-0.4, -0.2) is 19.2 Å². The van der Waals surface area contributed by atoms with Crippen molar-refractivity contribution in [3.05, 3.63) is 65.9 Å². The first-order valence-corrected chi connectivity index (χ1v) is 10.6. The Morgan fingerprint density at radius 3 is 2.88 bits per heavy atom. The van der Waals surface area contributed by atoms with Crippen molar-refractivity contribution in [2.24, 2.45) is 0 Å². The highest BCUT2D eigenvalue weighted by molar-refractivity contribution is 7.99. The van der Waals surface area contributed by atoms with E-state index in [1.54, 1.807) is 30.1 Å². The van der Waals surface area contributed by atoms with Gasteiger partial charge in [0.05, 0.1) is 5.52 Å². The molecule has 0 saturated carbocycles. The molecule has 0 radical (unpaired) electrons. The number of nitrogens with one attached hydrogen (secondary N) is 1. The zero-order valence-corrected chi connectivity index (χ0v) is 15.4. The number of rotatable bonds is 3. The van der Waals surface area contributed by atoms with Gasteiger partial charge in [0.25, 0.3) is 0 Å². The Morgan fingerprint density at radius 1 is 1.16 bits per heavy atom. The summed E-state index contributed by atoms with van der Waals surface area (Å²) >= 11 is 1.77. The number of thioether (sulfide) groups is 1. The van der Waals surface area contributed by atoms with E-state index in [-0.39, 0.29) is 10.9 Å². The number of pyridine rings is 1. The lowest BCUT2D eigenvalue weighted by Gasteiger charge is -2.25. The average molecular weight is 370 g/mol. The minimum Gasteiger partial charge on any atom is -0.255 e. The fourth-order valence-corrected chi connectivity index (χ4v) is 5.73. The molecule has 2 aromatic carbocycles. The van der Waals surface area contributed by atoms with E-state index in [1.165, 1.54) is 0 Å². The van der Waals surface area contributed by atoms with Crippen LogP contribution in [0, 0.1) is 6.92 Å². The molecule has 1 N–H and O–H groups in total. The van der Waals surface area contributed by atoms with Crippen molar-refractivity contribution in [3.63, 3.8) is 0 Å². The molecule has 1 atom stereocenters. The third-order valence-electron chi connectivity index (χ3n) is 4.36. The van der Waals surface area contributed by atoms with Crippen molar-refractivity contribution in [1.82, 2.24) is 9.71 Å². The van der Waals surface area contributed by atoms with Crippen molar-refractivity contribution in [2.45, 2.75) is 29.2 Å². The fraction of sp³-hybridized carbons (Fsp3) is 0.211. The zero-order chi connectivity index (χ0) is 17.4. The van der Waals surface area contributed by atoms with Gasteiger partial charge in [0, 0.05) is 22.5 Å². The lowest BCUT2D eigenvalue weighted by atomic mass is 10.1. The van der Waals surface area contributed by atoms with Crippen LogP contribution in [0.4, 0.5) is 0 Å². The molecule has 0 bridgehead atoms. The highest BCUT2D eigenvalue weighted by atomic mass is 32.2. The second-order valence-corrected chi connectivity index (χ2v) is 9.01. The number of nitrogens with zero attached hydrogens (tertiary/aromatic N) is 1. The first kappa shape index (κ1) is 16.6. The predicted octanol–water partition coefficient (Wildman–Crippen LogP) is 4.06. The summed E-state index contributed by atoms with van der Waals surface area (Å²) in [6.45, 7) is 1.95. The molecule has 3 aromatic rings.